The second kappa shape index (κ2) is 10.2. The van der Waals surface area contributed by atoms with E-state index in [9.17, 15) is 4.79 Å². The number of nitrogens with one attached hydrogen (secondary N) is 1. The highest BCUT2D eigenvalue weighted by molar-refractivity contribution is 6.30. The van der Waals surface area contributed by atoms with Gasteiger partial charge in [-0.05, 0) is 65.7 Å². The number of nitrogens with zero attached hydrogens (tertiary/aromatic N) is 4. The Morgan fingerprint density at radius 2 is 1.83 bits per heavy atom. The summed E-state index contributed by atoms with van der Waals surface area (Å²) in [6, 6.07) is 9.79. The van der Waals surface area contributed by atoms with Crippen LogP contribution in [0.15, 0.2) is 36.5 Å². The van der Waals surface area contributed by atoms with Gasteiger partial charge in [-0.25, -0.2) is 9.78 Å². The number of H-pyrrole nitrogens is 1. The number of likely N-dealkylation sites (tertiary alicyclic amines) is 1. The fourth-order valence-corrected chi connectivity index (χ4v) is 4.28. The Kier molecular flexibility index (Phi) is 7.31. The maximum atomic E-state index is 12.5. The Morgan fingerprint density at radius 3 is 2.46 bits per heavy atom. The standard InChI is InChI=1S/C26H32ClN5O3/c1-16(2)34-24-28-13-10-20(29-24)21-22(17-6-8-19(27)9-7-17)30-31-23(21)18-11-14-32(15-12-18)25(33)35-26(3,4)5/h6-10,13,16,18H,11-12,14-15H2,1-5H3,(H,30,31). The van der Waals surface area contributed by atoms with E-state index in [0.29, 0.717) is 24.1 Å². The summed E-state index contributed by atoms with van der Waals surface area (Å²) in [7, 11) is 0. The molecule has 9 heteroatoms. The van der Waals surface area contributed by atoms with Crippen molar-refractivity contribution >= 4 is 17.7 Å². The molecule has 2 aromatic heterocycles. The van der Waals surface area contributed by atoms with Crippen LogP contribution in [0.25, 0.3) is 22.5 Å². The van der Waals surface area contributed by atoms with Crippen molar-refractivity contribution in [1.29, 1.82) is 0 Å². The minimum Gasteiger partial charge on any atom is -0.461 e. The second-order valence-corrected chi connectivity index (χ2v) is 10.4. The summed E-state index contributed by atoms with van der Waals surface area (Å²) in [6.07, 6.45) is 2.97. The first-order valence-electron chi connectivity index (χ1n) is 11.9. The molecule has 1 saturated heterocycles. The zero-order valence-corrected chi connectivity index (χ0v) is 21.6. The molecule has 1 aromatic carbocycles. The van der Waals surface area contributed by atoms with E-state index in [1.807, 2.05) is 65.0 Å². The van der Waals surface area contributed by atoms with Gasteiger partial charge < -0.3 is 14.4 Å². The first kappa shape index (κ1) is 25.0. The summed E-state index contributed by atoms with van der Waals surface area (Å²) < 4.78 is 11.3. The predicted molar refractivity (Wildman–Crippen MR) is 136 cm³/mol. The van der Waals surface area contributed by atoms with Crippen molar-refractivity contribution in [2.45, 2.75) is 65.1 Å². The van der Waals surface area contributed by atoms with E-state index < -0.39 is 5.60 Å². The third-order valence-electron chi connectivity index (χ3n) is 5.70. The fourth-order valence-electron chi connectivity index (χ4n) is 4.15. The van der Waals surface area contributed by atoms with Crippen molar-refractivity contribution in [2.24, 2.45) is 0 Å². The Morgan fingerprint density at radius 1 is 1.14 bits per heavy atom. The van der Waals surface area contributed by atoms with Crippen LogP contribution in [-0.2, 0) is 4.74 Å². The number of aromatic amines is 1. The SMILES string of the molecule is CC(C)Oc1nccc(-c2c(-c3ccc(Cl)cc3)n[nH]c2C2CCN(C(=O)OC(C)(C)C)CC2)n1. The quantitative estimate of drug-likeness (QED) is 0.458. The van der Waals surface area contributed by atoms with Crippen LogP contribution in [0.4, 0.5) is 4.79 Å². The molecular formula is C26H32ClN5O3. The van der Waals surface area contributed by atoms with Gasteiger partial charge in [0.2, 0.25) is 0 Å². The summed E-state index contributed by atoms with van der Waals surface area (Å²) >= 11 is 6.12. The number of piperidine rings is 1. The summed E-state index contributed by atoms with van der Waals surface area (Å²) in [5, 5.41) is 8.63. The summed E-state index contributed by atoms with van der Waals surface area (Å²) in [5.74, 6) is 0.182. The number of benzene rings is 1. The molecule has 0 aliphatic carbocycles. The number of hydrogen-bond donors (Lipinski definition) is 1. The van der Waals surface area contributed by atoms with Gasteiger partial charge in [0.25, 0.3) is 0 Å². The topological polar surface area (TPSA) is 93.2 Å². The van der Waals surface area contributed by atoms with Crippen LogP contribution in [0.1, 0.15) is 59.1 Å². The van der Waals surface area contributed by atoms with Gasteiger partial charge in [0.05, 0.1) is 11.8 Å². The van der Waals surface area contributed by atoms with Crippen LogP contribution >= 0.6 is 11.6 Å². The van der Waals surface area contributed by atoms with E-state index in [0.717, 1.165) is 41.1 Å². The van der Waals surface area contributed by atoms with Gasteiger partial charge in [-0.2, -0.15) is 10.1 Å². The number of carbonyl (C=O) groups is 1. The monoisotopic (exact) mass is 497 g/mol. The van der Waals surface area contributed by atoms with E-state index in [1.54, 1.807) is 11.1 Å². The molecule has 186 valence electrons. The molecule has 3 heterocycles. The lowest BCUT2D eigenvalue weighted by atomic mass is 9.89. The molecule has 1 fully saturated rings. The maximum Gasteiger partial charge on any atom is 0.410 e. The van der Waals surface area contributed by atoms with E-state index in [2.05, 4.69) is 15.2 Å². The average molecular weight is 498 g/mol. The fraction of sp³-hybridized carbons (Fsp3) is 0.462. The van der Waals surface area contributed by atoms with Crippen molar-refractivity contribution < 1.29 is 14.3 Å². The molecule has 1 amide bonds. The molecule has 0 spiro atoms. The molecule has 0 unspecified atom stereocenters. The lowest BCUT2D eigenvalue weighted by Crippen LogP contribution is -2.41. The molecule has 0 bridgehead atoms. The normalized spacial score (nSPS) is 14.9. The molecule has 1 aliphatic heterocycles. The van der Waals surface area contributed by atoms with Crippen molar-refractivity contribution in [3.05, 3.63) is 47.2 Å². The summed E-state index contributed by atoms with van der Waals surface area (Å²) in [4.78, 5) is 23.3. The Labute approximate surface area is 211 Å². The highest BCUT2D eigenvalue weighted by Gasteiger charge is 2.31. The van der Waals surface area contributed by atoms with Gasteiger partial charge in [-0.3, -0.25) is 5.10 Å². The number of halogens is 1. The minimum atomic E-state index is -0.513. The van der Waals surface area contributed by atoms with E-state index in [4.69, 9.17) is 26.1 Å². The molecule has 0 saturated carbocycles. The third kappa shape index (κ3) is 6.11. The van der Waals surface area contributed by atoms with E-state index in [1.165, 1.54) is 0 Å². The van der Waals surface area contributed by atoms with E-state index in [-0.39, 0.29) is 18.1 Å². The summed E-state index contributed by atoms with van der Waals surface area (Å²) in [5.41, 5.74) is 3.86. The number of carbonyl (C=O) groups excluding carboxylic acids is 1. The Hall–Kier alpha value is -3.13. The van der Waals surface area contributed by atoms with Gasteiger partial charge >= 0.3 is 12.1 Å². The smallest absolute Gasteiger partial charge is 0.410 e. The van der Waals surface area contributed by atoms with Crippen molar-refractivity contribution in [3.8, 4) is 28.5 Å². The van der Waals surface area contributed by atoms with Crippen LogP contribution in [0, 0.1) is 0 Å². The number of rotatable bonds is 5. The molecule has 0 radical (unpaired) electrons. The van der Waals surface area contributed by atoms with Crippen LogP contribution in [0.2, 0.25) is 5.02 Å². The lowest BCUT2D eigenvalue weighted by Gasteiger charge is -2.33. The molecule has 1 aliphatic rings. The molecular weight excluding hydrogens is 466 g/mol. The van der Waals surface area contributed by atoms with E-state index >= 15 is 0 Å². The number of ether oxygens (including phenoxy) is 2. The van der Waals surface area contributed by atoms with Crippen molar-refractivity contribution in [3.63, 3.8) is 0 Å². The zero-order valence-electron chi connectivity index (χ0n) is 20.8. The highest BCUT2D eigenvalue weighted by Crippen LogP contribution is 2.39. The van der Waals surface area contributed by atoms with Gasteiger partial charge in [0.15, 0.2) is 0 Å². The highest BCUT2D eigenvalue weighted by atomic mass is 35.5. The summed E-state index contributed by atoms with van der Waals surface area (Å²) in [6.45, 7) is 10.7. The van der Waals surface area contributed by atoms with Crippen LogP contribution in [-0.4, -0.2) is 56.0 Å². The van der Waals surface area contributed by atoms with Crippen LogP contribution in [0.5, 0.6) is 6.01 Å². The van der Waals surface area contributed by atoms with Gasteiger partial charge in [-0.15, -0.1) is 0 Å². The molecule has 8 nitrogen and oxygen atoms in total. The first-order chi connectivity index (χ1) is 16.6. The van der Waals surface area contributed by atoms with Crippen molar-refractivity contribution in [2.75, 3.05) is 13.1 Å². The maximum absolute atomic E-state index is 12.5. The number of amides is 1. The number of hydrogen-bond acceptors (Lipinski definition) is 6. The lowest BCUT2D eigenvalue weighted by molar-refractivity contribution is 0.0204. The number of aromatic nitrogens is 4. The van der Waals surface area contributed by atoms with Crippen LogP contribution in [0.3, 0.4) is 0 Å². The Bertz CT molecular complexity index is 1160. The largest absolute Gasteiger partial charge is 0.461 e. The average Bonchev–Trinajstić information content (AvgIpc) is 3.23. The molecule has 4 rings (SSSR count). The molecule has 35 heavy (non-hydrogen) atoms. The third-order valence-corrected chi connectivity index (χ3v) is 5.95. The predicted octanol–water partition coefficient (Wildman–Crippen LogP) is 6.09. The molecule has 0 atom stereocenters. The van der Waals surface area contributed by atoms with Gasteiger partial charge in [0.1, 0.15) is 11.3 Å². The second-order valence-electron chi connectivity index (χ2n) is 10.0. The minimum absolute atomic E-state index is 0.0398. The van der Waals surface area contributed by atoms with Crippen LogP contribution < -0.4 is 4.74 Å². The van der Waals surface area contributed by atoms with Gasteiger partial charge in [-0.1, -0.05) is 23.7 Å². The van der Waals surface area contributed by atoms with Crippen molar-refractivity contribution in [1.82, 2.24) is 25.1 Å². The first-order valence-corrected chi connectivity index (χ1v) is 12.3. The molecule has 3 aromatic rings. The van der Waals surface area contributed by atoms with Gasteiger partial charge in [0, 0.05) is 47.0 Å². The zero-order chi connectivity index (χ0) is 25.2. The Balaban J connectivity index is 1.66. The molecule has 1 N–H and O–H groups in total.